The van der Waals surface area contributed by atoms with Gasteiger partial charge in [0.15, 0.2) is 0 Å². The minimum absolute atomic E-state index is 0.0174. The van der Waals surface area contributed by atoms with E-state index in [2.05, 4.69) is 15.3 Å². The van der Waals surface area contributed by atoms with Crippen LogP contribution < -0.4 is 5.32 Å². The largest absolute Gasteiger partial charge is 0.320 e. The number of aryl methyl sites for hydroxylation is 1. The van der Waals surface area contributed by atoms with Crippen LogP contribution in [0.3, 0.4) is 0 Å². The van der Waals surface area contributed by atoms with Crippen LogP contribution in [-0.2, 0) is 0 Å². The number of halogens is 2. The molecule has 0 bridgehead atoms. The molecule has 1 amide bonds. The maximum atomic E-state index is 12.1. The molecule has 0 saturated carbocycles. The Balaban J connectivity index is 2.34. The summed E-state index contributed by atoms with van der Waals surface area (Å²) in [7, 11) is 0. The molecule has 0 saturated heterocycles. The fourth-order valence-electron chi connectivity index (χ4n) is 1.57. The van der Waals surface area contributed by atoms with Gasteiger partial charge in [-0.05, 0) is 24.6 Å². The molecule has 9 heteroatoms. The Kier molecular flexibility index (Phi) is 4.35. The number of aromatic nitrogens is 2. The summed E-state index contributed by atoms with van der Waals surface area (Å²) in [5.74, 6) is -0.686. The molecule has 108 valence electrons. The van der Waals surface area contributed by atoms with Crippen molar-refractivity contribution >= 4 is 40.5 Å². The Morgan fingerprint density at radius 2 is 2.00 bits per heavy atom. The molecule has 0 aliphatic rings. The van der Waals surface area contributed by atoms with Gasteiger partial charge >= 0.3 is 0 Å². The van der Waals surface area contributed by atoms with Crippen LogP contribution >= 0.6 is 23.2 Å². The molecule has 0 radical (unpaired) electrons. The number of nitrogens with one attached hydrogen (secondary N) is 1. The lowest BCUT2D eigenvalue weighted by molar-refractivity contribution is -0.385. The van der Waals surface area contributed by atoms with Crippen LogP contribution in [0.1, 0.15) is 15.9 Å². The summed E-state index contributed by atoms with van der Waals surface area (Å²) in [5, 5.41) is 13.7. The Morgan fingerprint density at radius 3 is 2.62 bits per heavy atom. The van der Waals surface area contributed by atoms with E-state index in [4.69, 9.17) is 23.2 Å². The monoisotopic (exact) mass is 326 g/mol. The summed E-state index contributed by atoms with van der Waals surface area (Å²) < 4.78 is 0. The minimum Gasteiger partial charge on any atom is -0.320 e. The molecular formula is C12H8Cl2N4O3. The summed E-state index contributed by atoms with van der Waals surface area (Å²) >= 11 is 11.5. The molecule has 0 unspecified atom stereocenters. The van der Waals surface area contributed by atoms with Crippen molar-refractivity contribution < 1.29 is 9.72 Å². The number of anilines is 1. The molecular weight excluding hydrogens is 319 g/mol. The van der Waals surface area contributed by atoms with Crippen LogP contribution in [0.2, 0.25) is 10.3 Å². The Labute approximate surface area is 129 Å². The van der Waals surface area contributed by atoms with Crippen molar-refractivity contribution in [3.8, 4) is 0 Å². The van der Waals surface area contributed by atoms with E-state index in [0.29, 0.717) is 16.4 Å². The first kappa shape index (κ1) is 15.1. The van der Waals surface area contributed by atoms with Crippen molar-refractivity contribution in [3.05, 3.63) is 56.1 Å². The third kappa shape index (κ3) is 3.45. The van der Waals surface area contributed by atoms with E-state index in [1.165, 1.54) is 6.20 Å². The quantitative estimate of drug-likeness (QED) is 0.530. The molecule has 0 spiro atoms. The average Bonchev–Trinajstić information content (AvgIpc) is 2.42. The Morgan fingerprint density at radius 1 is 1.29 bits per heavy atom. The summed E-state index contributed by atoms with van der Waals surface area (Å²) in [5.41, 5.74) is 0.406. The SMILES string of the molecule is Cc1cc(NC(=O)c2cc(Cl)ncc2[N+](=O)[O-])cnc1Cl. The van der Waals surface area contributed by atoms with Crippen molar-refractivity contribution in [2.45, 2.75) is 6.92 Å². The highest BCUT2D eigenvalue weighted by atomic mass is 35.5. The third-order valence-corrected chi connectivity index (χ3v) is 3.17. The standard InChI is InChI=1S/C12H8Cl2N4O3/c1-6-2-7(4-16-11(6)14)17-12(19)8-3-10(13)15-5-9(8)18(20)21/h2-5H,1H3,(H,17,19). The van der Waals surface area contributed by atoms with Gasteiger partial charge in [0, 0.05) is 0 Å². The fourth-order valence-corrected chi connectivity index (χ4v) is 1.84. The predicted molar refractivity (Wildman–Crippen MR) is 77.8 cm³/mol. The van der Waals surface area contributed by atoms with Crippen molar-refractivity contribution in [1.29, 1.82) is 0 Å². The van der Waals surface area contributed by atoms with E-state index in [-0.39, 0.29) is 10.7 Å². The molecule has 2 heterocycles. The molecule has 0 aliphatic heterocycles. The van der Waals surface area contributed by atoms with Crippen molar-refractivity contribution in [3.63, 3.8) is 0 Å². The molecule has 2 aromatic rings. The molecule has 0 aromatic carbocycles. The fraction of sp³-hybridized carbons (Fsp3) is 0.0833. The summed E-state index contributed by atoms with van der Waals surface area (Å²) in [6.45, 7) is 1.72. The van der Waals surface area contributed by atoms with E-state index in [0.717, 1.165) is 12.3 Å². The van der Waals surface area contributed by atoms with Crippen LogP contribution in [0.15, 0.2) is 24.5 Å². The molecule has 0 atom stereocenters. The number of nitrogens with zero attached hydrogens (tertiary/aromatic N) is 3. The number of hydrogen-bond donors (Lipinski definition) is 1. The molecule has 2 rings (SSSR count). The lowest BCUT2D eigenvalue weighted by Gasteiger charge is -2.07. The van der Waals surface area contributed by atoms with E-state index in [9.17, 15) is 14.9 Å². The predicted octanol–water partition coefficient (Wildman–Crippen LogP) is 3.25. The number of carbonyl (C=O) groups is 1. The summed E-state index contributed by atoms with van der Waals surface area (Å²) in [4.78, 5) is 29.8. The third-order valence-electron chi connectivity index (χ3n) is 2.56. The van der Waals surface area contributed by atoms with Gasteiger partial charge in [0.05, 0.1) is 16.8 Å². The number of rotatable bonds is 3. The first-order chi connectivity index (χ1) is 9.88. The van der Waals surface area contributed by atoms with E-state index in [1.54, 1.807) is 13.0 Å². The zero-order chi connectivity index (χ0) is 15.6. The second-order valence-electron chi connectivity index (χ2n) is 4.07. The Bertz CT molecular complexity index is 736. The number of nitro groups is 1. The van der Waals surface area contributed by atoms with Crippen LogP contribution in [0.4, 0.5) is 11.4 Å². The average molecular weight is 327 g/mol. The number of hydrogen-bond acceptors (Lipinski definition) is 5. The van der Waals surface area contributed by atoms with Crippen LogP contribution in [0, 0.1) is 17.0 Å². The number of pyridine rings is 2. The highest BCUT2D eigenvalue weighted by Crippen LogP contribution is 2.22. The zero-order valence-corrected chi connectivity index (χ0v) is 12.1. The molecule has 21 heavy (non-hydrogen) atoms. The zero-order valence-electron chi connectivity index (χ0n) is 10.6. The first-order valence-corrected chi connectivity index (χ1v) is 6.37. The van der Waals surface area contributed by atoms with E-state index in [1.807, 2.05) is 0 Å². The van der Waals surface area contributed by atoms with Gasteiger partial charge < -0.3 is 5.32 Å². The van der Waals surface area contributed by atoms with Gasteiger partial charge in [-0.3, -0.25) is 14.9 Å². The van der Waals surface area contributed by atoms with Crippen LogP contribution in [0.25, 0.3) is 0 Å². The second-order valence-corrected chi connectivity index (χ2v) is 4.81. The van der Waals surface area contributed by atoms with Gasteiger partial charge in [0.1, 0.15) is 22.1 Å². The molecule has 0 fully saturated rings. The van der Waals surface area contributed by atoms with Crippen LogP contribution in [0.5, 0.6) is 0 Å². The topological polar surface area (TPSA) is 98.0 Å². The molecule has 1 N–H and O–H groups in total. The van der Waals surface area contributed by atoms with Gasteiger partial charge in [-0.15, -0.1) is 0 Å². The summed E-state index contributed by atoms with van der Waals surface area (Å²) in [6.07, 6.45) is 2.28. The lowest BCUT2D eigenvalue weighted by Crippen LogP contribution is -2.14. The normalized spacial score (nSPS) is 10.2. The number of carbonyl (C=O) groups excluding carboxylic acids is 1. The number of amides is 1. The van der Waals surface area contributed by atoms with E-state index >= 15 is 0 Å². The van der Waals surface area contributed by atoms with Crippen molar-refractivity contribution in [2.24, 2.45) is 0 Å². The van der Waals surface area contributed by atoms with Crippen molar-refractivity contribution in [2.75, 3.05) is 5.32 Å². The highest BCUT2D eigenvalue weighted by molar-refractivity contribution is 6.30. The maximum Gasteiger partial charge on any atom is 0.300 e. The molecule has 0 aliphatic carbocycles. The highest BCUT2D eigenvalue weighted by Gasteiger charge is 2.21. The molecule has 7 nitrogen and oxygen atoms in total. The van der Waals surface area contributed by atoms with Gasteiger partial charge in [-0.25, -0.2) is 9.97 Å². The maximum absolute atomic E-state index is 12.1. The minimum atomic E-state index is -0.705. The molecule has 2 aromatic heterocycles. The van der Waals surface area contributed by atoms with Gasteiger partial charge in [0.25, 0.3) is 11.6 Å². The van der Waals surface area contributed by atoms with Gasteiger partial charge in [-0.2, -0.15) is 0 Å². The first-order valence-electron chi connectivity index (χ1n) is 5.62. The van der Waals surface area contributed by atoms with E-state index < -0.39 is 16.5 Å². The van der Waals surface area contributed by atoms with Crippen LogP contribution in [-0.4, -0.2) is 20.8 Å². The smallest absolute Gasteiger partial charge is 0.300 e. The van der Waals surface area contributed by atoms with Gasteiger partial charge in [0.2, 0.25) is 0 Å². The van der Waals surface area contributed by atoms with Crippen molar-refractivity contribution in [1.82, 2.24) is 9.97 Å². The Hall–Kier alpha value is -2.25. The lowest BCUT2D eigenvalue weighted by atomic mass is 10.2. The summed E-state index contributed by atoms with van der Waals surface area (Å²) in [6, 6.07) is 2.73. The van der Waals surface area contributed by atoms with Gasteiger partial charge in [-0.1, -0.05) is 23.2 Å². The second kappa shape index (κ2) is 6.02.